The lowest BCUT2D eigenvalue weighted by Gasteiger charge is -2.38. The van der Waals surface area contributed by atoms with Crippen LogP contribution in [0.2, 0.25) is 0 Å². The first-order valence-electron chi connectivity index (χ1n) is 9.24. The zero-order valence-electron chi connectivity index (χ0n) is 15.4. The summed E-state index contributed by atoms with van der Waals surface area (Å²) >= 11 is 0. The van der Waals surface area contributed by atoms with Crippen LogP contribution >= 0.6 is 0 Å². The van der Waals surface area contributed by atoms with Crippen molar-refractivity contribution in [2.75, 3.05) is 19.6 Å². The summed E-state index contributed by atoms with van der Waals surface area (Å²) in [6.07, 6.45) is 5.52. The summed E-state index contributed by atoms with van der Waals surface area (Å²) in [4.78, 5) is 37.1. The van der Waals surface area contributed by atoms with Gasteiger partial charge >= 0.3 is 0 Å². The van der Waals surface area contributed by atoms with Crippen LogP contribution in [0.3, 0.4) is 0 Å². The Bertz CT molecular complexity index is 416. The van der Waals surface area contributed by atoms with Crippen molar-refractivity contribution in [1.82, 2.24) is 15.5 Å². The number of piperidine rings is 1. The number of carbonyl (C=O) groups is 3. The third-order valence-corrected chi connectivity index (χ3v) is 4.73. The molecule has 0 bridgehead atoms. The van der Waals surface area contributed by atoms with Crippen LogP contribution in [0.25, 0.3) is 0 Å². The molecular weight excluding hydrogens is 306 g/mol. The summed E-state index contributed by atoms with van der Waals surface area (Å²) in [5, 5.41) is 5.60. The normalized spacial score (nSPS) is 21.3. The molecule has 0 spiro atoms. The Balaban J connectivity index is 2.11. The lowest BCUT2D eigenvalue weighted by atomic mass is 9.97. The van der Waals surface area contributed by atoms with Gasteiger partial charge in [0.2, 0.25) is 11.8 Å². The predicted octanol–water partition coefficient (Wildman–Crippen LogP) is 1.63. The second kappa shape index (κ2) is 11.2. The van der Waals surface area contributed by atoms with Gasteiger partial charge in [0, 0.05) is 44.4 Å². The second-order valence-electron chi connectivity index (χ2n) is 6.75. The number of hydrogen-bond donors (Lipinski definition) is 2. The van der Waals surface area contributed by atoms with Gasteiger partial charge in [-0.05, 0) is 33.1 Å². The van der Waals surface area contributed by atoms with Crippen LogP contribution in [0.15, 0.2) is 0 Å². The number of rotatable bonds is 10. The molecule has 2 amide bonds. The molecule has 1 aliphatic rings. The highest BCUT2D eigenvalue weighted by atomic mass is 16.2. The Morgan fingerprint density at radius 3 is 2.21 bits per heavy atom. The molecule has 1 saturated heterocycles. The topological polar surface area (TPSA) is 78.5 Å². The van der Waals surface area contributed by atoms with Gasteiger partial charge in [-0.25, -0.2) is 0 Å². The maximum absolute atomic E-state index is 12.0. The van der Waals surface area contributed by atoms with E-state index in [4.69, 9.17) is 0 Å². The molecule has 1 heterocycles. The fourth-order valence-corrected chi connectivity index (χ4v) is 3.10. The molecule has 6 heteroatoms. The van der Waals surface area contributed by atoms with Crippen molar-refractivity contribution in [2.24, 2.45) is 0 Å². The zero-order valence-corrected chi connectivity index (χ0v) is 15.4. The summed E-state index contributed by atoms with van der Waals surface area (Å²) < 4.78 is 0. The Hall–Kier alpha value is -1.43. The molecule has 0 radical (unpaired) electrons. The predicted molar refractivity (Wildman–Crippen MR) is 94.6 cm³/mol. The number of carbonyl (C=O) groups excluding carboxylic acids is 3. The summed E-state index contributed by atoms with van der Waals surface area (Å²) in [6, 6.07) is 0.877. The van der Waals surface area contributed by atoms with Gasteiger partial charge in [0.05, 0.1) is 6.54 Å². The monoisotopic (exact) mass is 339 g/mol. The molecule has 1 aliphatic heterocycles. The molecular formula is C18H33N3O3. The van der Waals surface area contributed by atoms with E-state index in [0.29, 0.717) is 51.0 Å². The van der Waals surface area contributed by atoms with Gasteiger partial charge in [0.15, 0.2) is 0 Å². The van der Waals surface area contributed by atoms with Gasteiger partial charge < -0.3 is 10.6 Å². The molecule has 0 aromatic heterocycles. The molecule has 0 aromatic carbocycles. The van der Waals surface area contributed by atoms with Crippen molar-refractivity contribution < 1.29 is 14.4 Å². The lowest BCUT2D eigenvalue weighted by Crippen LogP contribution is -2.49. The Morgan fingerprint density at radius 2 is 1.58 bits per heavy atom. The fourth-order valence-electron chi connectivity index (χ4n) is 3.10. The van der Waals surface area contributed by atoms with Gasteiger partial charge in [0.25, 0.3) is 0 Å². The van der Waals surface area contributed by atoms with Crippen molar-refractivity contribution >= 4 is 17.6 Å². The van der Waals surface area contributed by atoms with E-state index in [1.165, 1.54) is 6.42 Å². The number of amides is 2. The molecule has 2 unspecified atom stereocenters. The van der Waals surface area contributed by atoms with Gasteiger partial charge in [-0.15, -0.1) is 0 Å². The minimum Gasteiger partial charge on any atom is -0.356 e. The number of hydrogen-bond acceptors (Lipinski definition) is 4. The van der Waals surface area contributed by atoms with E-state index in [1.807, 2.05) is 6.92 Å². The molecule has 0 aliphatic carbocycles. The van der Waals surface area contributed by atoms with Crippen molar-refractivity contribution in [3.8, 4) is 0 Å². The molecule has 1 rings (SSSR count). The van der Waals surface area contributed by atoms with E-state index < -0.39 is 0 Å². The quantitative estimate of drug-likeness (QED) is 0.593. The number of nitrogens with zero attached hydrogens (tertiary/aromatic N) is 1. The first-order chi connectivity index (χ1) is 11.4. The smallest absolute Gasteiger partial charge is 0.234 e. The van der Waals surface area contributed by atoms with E-state index in [-0.39, 0.29) is 24.0 Å². The number of nitrogens with one attached hydrogen (secondary N) is 2. The third kappa shape index (κ3) is 7.90. The SMILES string of the molecule is CCC(=O)CCCNC(=O)CCNC(=O)CN1C(C)CCCC1C. The van der Waals surface area contributed by atoms with Gasteiger partial charge in [-0.2, -0.15) is 0 Å². The number of ketones is 1. The first kappa shape index (κ1) is 20.6. The van der Waals surface area contributed by atoms with Crippen LogP contribution in [-0.4, -0.2) is 54.2 Å². The summed E-state index contributed by atoms with van der Waals surface area (Å²) in [7, 11) is 0. The average Bonchev–Trinajstić information content (AvgIpc) is 2.55. The lowest BCUT2D eigenvalue weighted by molar-refractivity contribution is -0.124. The van der Waals surface area contributed by atoms with E-state index in [1.54, 1.807) is 0 Å². The molecule has 138 valence electrons. The molecule has 24 heavy (non-hydrogen) atoms. The standard InChI is InChI=1S/C18H33N3O3/c1-4-16(22)9-6-11-19-17(23)10-12-20-18(24)13-21-14(2)7-5-8-15(21)3/h14-15H,4-13H2,1-3H3,(H,19,23)(H,20,24). The van der Waals surface area contributed by atoms with Crippen LogP contribution in [0, 0.1) is 0 Å². The minimum atomic E-state index is -0.0843. The largest absolute Gasteiger partial charge is 0.356 e. The summed E-state index contributed by atoms with van der Waals surface area (Å²) in [6.45, 7) is 7.45. The summed E-state index contributed by atoms with van der Waals surface area (Å²) in [5.41, 5.74) is 0. The molecule has 0 saturated carbocycles. The maximum Gasteiger partial charge on any atom is 0.234 e. The Morgan fingerprint density at radius 1 is 0.958 bits per heavy atom. The van der Waals surface area contributed by atoms with E-state index in [2.05, 4.69) is 29.4 Å². The number of likely N-dealkylation sites (tertiary alicyclic amines) is 1. The molecule has 6 nitrogen and oxygen atoms in total. The van der Waals surface area contributed by atoms with Crippen molar-refractivity contribution in [3.05, 3.63) is 0 Å². The van der Waals surface area contributed by atoms with Crippen molar-refractivity contribution in [3.63, 3.8) is 0 Å². The van der Waals surface area contributed by atoms with Gasteiger partial charge in [-0.1, -0.05) is 13.3 Å². The Labute approximate surface area is 145 Å². The number of Topliss-reactive ketones (excluding diaryl/α,β-unsaturated/α-hetero) is 1. The zero-order chi connectivity index (χ0) is 17.9. The van der Waals surface area contributed by atoms with Crippen LogP contribution in [0.5, 0.6) is 0 Å². The van der Waals surface area contributed by atoms with Gasteiger partial charge in [0.1, 0.15) is 5.78 Å². The van der Waals surface area contributed by atoms with Crippen molar-refractivity contribution in [2.45, 2.75) is 77.8 Å². The van der Waals surface area contributed by atoms with Crippen molar-refractivity contribution in [1.29, 1.82) is 0 Å². The Kier molecular flexibility index (Phi) is 9.60. The molecule has 0 aromatic rings. The van der Waals surface area contributed by atoms with E-state index >= 15 is 0 Å². The van der Waals surface area contributed by atoms with Gasteiger partial charge in [-0.3, -0.25) is 19.3 Å². The fraction of sp³-hybridized carbons (Fsp3) is 0.833. The highest BCUT2D eigenvalue weighted by Crippen LogP contribution is 2.21. The molecule has 1 fully saturated rings. The molecule has 2 atom stereocenters. The van der Waals surface area contributed by atoms with Crippen LogP contribution in [0.4, 0.5) is 0 Å². The second-order valence-corrected chi connectivity index (χ2v) is 6.75. The van der Waals surface area contributed by atoms with E-state index in [0.717, 1.165) is 12.8 Å². The van der Waals surface area contributed by atoms with Crippen LogP contribution < -0.4 is 10.6 Å². The summed E-state index contributed by atoms with van der Waals surface area (Å²) in [5.74, 6) is 0.119. The highest BCUT2D eigenvalue weighted by Gasteiger charge is 2.26. The third-order valence-electron chi connectivity index (χ3n) is 4.73. The van der Waals surface area contributed by atoms with Crippen LogP contribution in [0.1, 0.15) is 65.7 Å². The van der Waals surface area contributed by atoms with E-state index in [9.17, 15) is 14.4 Å². The first-order valence-corrected chi connectivity index (χ1v) is 9.24. The molecule has 2 N–H and O–H groups in total. The average molecular weight is 339 g/mol. The van der Waals surface area contributed by atoms with Crippen LogP contribution in [-0.2, 0) is 14.4 Å². The maximum atomic E-state index is 12.0. The highest BCUT2D eigenvalue weighted by molar-refractivity contribution is 5.80. The minimum absolute atomic E-state index is 0.0167.